The quantitative estimate of drug-likeness (QED) is 0.858. The second-order valence-corrected chi connectivity index (χ2v) is 7.35. The molecule has 1 amide bonds. The molecule has 0 spiro atoms. The molecular formula is C19H22FN3O2. The van der Waals surface area contributed by atoms with Crippen LogP contribution in [0.5, 0.6) is 0 Å². The summed E-state index contributed by atoms with van der Waals surface area (Å²) >= 11 is 0. The van der Waals surface area contributed by atoms with Crippen LogP contribution in [0.1, 0.15) is 60.2 Å². The van der Waals surface area contributed by atoms with Crippen LogP contribution < -0.4 is 0 Å². The molecule has 0 aliphatic carbocycles. The van der Waals surface area contributed by atoms with Gasteiger partial charge in [0.05, 0.1) is 0 Å². The average Bonchev–Trinajstić information content (AvgIpc) is 2.98. The molecule has 132 valence electrons. The van der Waals surface area contributed by atoms with Crippen molar-refractivity contribution in [2.45, 2.75) is 52.2 Å². The average molecular weight is 343 g/mol. The zero-order valence-corrected chi connectivity index (χ0v) is 14.8. The van der Waals surface area contributed by atoms with Crippen molar-refractivity contribution >= 4 is 11.7 Å². The van der Waals surface area contributed by atoms with Crippen molar-refractivity contribution in [2.24, 2.45) is 0 Å². The normalized spacial score (nSPS) is 14.3. The number of nitrogens with zero attached hydrogens (tertiary/aromatic N) is 3. The number of Topliss-reactive ketones (excluding diaryl/α,β-unsaturated/α-hetero) is 1. The molecule has 0 saturated heterocycles. The van der Waals surface area contributed by atoms with Gasteiger partial charge in [0.25, 0.3) is 5.91 Å². The lowest BCUT2D eigenvalue weighted by Gasteiger charge is -2.35. The van der Waals surface area contributed by atoms with E-state index in [1.807, 2.05) is 20.8 Å². The summed E-state index contributed by atoms with van der Waals surface area (Å²) in [5, 5.41) is 4.34. The molecule has 5 nitrogen and oxygen atoms in total. The minimum Gasteiger partial charge on any atom is -0.328 e. The standard InChI is InChI=1S/C19H22FN3O2/c1-19(2,3)22(12-13-6-8-14(20)9-7-13)18(25)15-11-16-17(24)5-4-10-23(16)21-15/h6-9,11H,4-5,10,12H2,1-3H3. The lowest BCUT2D eigenvalue weighted by molar-refractivity contribution is 0.0551. The third kappa shape index (κ3) is 3.62. The fourth-order valence-electron chi connectivity index (χ4n) is 2.96. The molecule has 0 bridgehead atoms. The Morgan fingerprint density at radius 2 is 1.96 bits per heavy atom. The molecule has 0 fully saturated rings. The molecule has 2 heterocycles. The molecule has 2 aromatic rings. The van der Waals surface area contributed by atoms with E-state index in [1.165, 1.54) is 12.1 Å². The number of fused-ring (bicyclic) bond motifs is 1. The van der Waals surface area contributed by atoms with Crippen molar-refractivity contribution in [1.82, 2.24) is 14.7 Å². The molecule has 0 saturated carbocycles. The Morgan fingerprint density at radius 3 is 2.56 bits per heavy atom. The maximum absolute atomic E-state index is 13.1. The molecule has 1 aliphatic heterocycles. The smallest absolute Gasteiger partial charge is 0.275 e. The molecule has 6 heteroatoms. The lowest BCUT2D eigenvalue weighted by atomic mass is 10.0. The molecule has 25 heavy (non-hydrogen) atoms. The summed E-state index contributed by atoms with van der Waals surface area (Å²) in [5.74, 6) is -0.511. The highest BCUT2D eigenvalue weighted by molar-refractivity contribution is 5.99. The number of hydrogen-bond acceptors (Lipinski definition) is 3. The third-order valence-corrected chi connectivity index (χ3v) is 4.37. The van der Waals surface area contributed by atoms with Gasteiger partial charge in [-0.15, -0.1) is 0 Å². The first-order chi connectivity index (χ1) is 11.8. The van der Waals surface area contributed by atoms with Crippen LogP contribution in [0.3, 0.4) is 0 Å². The zero-order valence-electron chi connectivity index (χ0n) is 14.8. The van der Waals surface area contributed by atoms with E-state index in [4.69, 9.17) is 0 Å². The number of benzene rings is 1. The number of hydrogen-bond donors (Lipinski definition) is 0. The zero-order chi connectivity index (χ0) is 18.2. The highest BCUT2D eigenvalue weighted by atomic mass is 19.1. The van der Waals surface area contributed by atoms with Crippen molar-refractivity contribution in [1.29, 1.82) is 0 Å². The van der Waals surface area contributed by atoms with Crippen LogP contribution in [-0.4, -0.2) is 31.9 Å². The Balaban J connectivity index is 1.90. The molecule has 1 aliphatic rings. The number of amides is 1. The molecular weight excluding hydrogens is 321 g/mol. The SMILES string of the molecule is CC(C)(C)N(Cc1ccc(F)cc1)C(=O)c1cc2n(n1)CCCC2=O. The Hall–Kier alpha value is -2.50. The summed E-state index contributed by atoms with van der Waals surface area (Å²) in [6.07, 6.45) is 1.25. The van der Waals surface area contributed by atoms with Gasteiger partial charge >= 0.3 is 0 Å². The molecule has 1 aromatic carbocycles. The van der Waals surface area contributed by atoms with Crippen molar-refractivity contribution in [3.05, 3.63) is 53.1 Å². The molecule has 0 radical (unpaired) electrons. The van der Waals surface area contributed by atoms with Gasteiger partial charge in [-0.3, -0.25) is 14.3 Å². The predicted molar refractivity (Wildman–Crippen MR) is 91.8 cm³/mol. The van der Waals surface area contributed by atoms with Crippen molar-refractivity contribution in [3.63, 3.8) is 0 Å². The van der Waals surface area contributed by atoms with E-state index < -0.39 is 5.54 Å². The number of carbonyl (C=O) groups excluding carboxylic acids is 2. The van der Waals surface area contributed by atoms with Gasteiger partial charge in [0, 0.05) is 31.1 Å². The number of ketones is 1. The number of aryl methyl sites for hydroxylation is 1. The van der Waals surface area contributed by atoms with E-state index in [-0.39, 0.29) is 23.2 Å². The molecule has 0 unspecified atom stereocenters. The van der Waals surface area contributed by atoms with E-state index in [0.29, 0.717) is 25.2 Å². The van der Waals surface area contributed by atoms with Crippen LogP contribution in [0, 0.1) is 5.82 Å². The monoisotopic (exact) mass is 343 g/mol. The van der Waals surface area contributed by atoms with Crippen LogP contribution in [0.15, 0.2) is 30.3 Å². The summed E-state index contributed by atoms with van der Waals surface area (Å²) in [5.41, 5.74) is 1.18. The minimum atomic E-state index is -0.445. The first-order valence-corrected chi connectivity index (χ1v) is 8.43. The van der Waals surface area contributed by atoms with Gasteiger partial charge in [0.15, 0.2) is 11.5 Å². The van der Waals surface area contributed by atoms with Crippen LogP contribution in [0.4, 0.5) is 4.39 Å². The highest BCUT2D eigenvalue weighted by Crippen LogP contribution is 2.22. The summed E-state index contributed by atoms with van der Waals surface area (Å²) in [6.45, 7) is 6.82. The third-order valence-electron chi connectivity index (χ3n) is 4.37. The van der Waals surface area contributed by atoms with Gasteiger partial charge in [-0.2, -0.15) is 5.10 Å². The largest absolute Gasteiger partial charge is 0.328 e. The van der Waals surface area contributed by atoms with Gasteiger partial charge in [-0.05, 0) is 44.9 Å². The Morgan fingerprint density at radius 1 is 1.28 bits per heavy atom. The van der Waals surface area contributed by atoms with Gasteiger partial charge in [0.2, 0.25) is 0 Å². The van der Waals surface area contributed by atoms with E-state index >= 15 is 0 Å². The maximum atomic E-state index is 13.1. The summed E-state index contributed by atoms with van der Waals surface area (Å²) in [4.78, 5) is 26.7. The first kappa shape index (κ1) is 17.3. The van der Waals surface area contributed by atoms with Crippen LogP contribution in [-0.2, 0) is 13.1 Å². The van der Waals surface area contributed by atoms with E-state index in [9.17, 15) is 14.0 Å². The first-order valence-electron chi connectivity index (χ1n) is 8.43. The summed E-state index contributed by atoms with van der Waals surface area (Å²) in [6, 6.07) is 7.70. The molecule has 0 atom stereocenters. The second kappa shape index (κ2) is 6.43. The fraction of sp³-hybridized carbons (Fsp3) is 0.421. The van der Waals surface area contributed by atoms with Gasteiger partial charge in [0.1, 0.15) is 11.5 Å². The van der Waals surface area contributed by atoms with Crippen LogP contribution in [0.2, 0.25) is 0 Å². The number of rotatable bonds is 3. The van der Waals surface area contributed by atoms with E-state index in [1.54, 1.807) is 27.8 Å². The molecule has 3 rings (SSSR count). The number of carbonyl (C=O) groups is 2. The van der Waals surface area contributed by atoms with E-state index in [2.05, 4.69) is 5.10 Å². The number of aromatic nitrogens is 2. The molecule has 1 aromatic heterocycles. The van der Waals surface area contributed by atoms with E-state index in [0.717, 1.165) is 12.0 Å². The van der Waals surface area contributed by atoms with Crippen molar-refractivity contribution in [3.8, 4) is 0 Å². The predicted octanol–water partition coefficient (Wildman–Crippen LogP) is 3.44. The van der Waals surface area contributed by atoms with Crippen molar-refractivity contribution in [2.75, 3.05) is 0 Å². The molecule has 0 N–H and O–H groups in total. The van der Waals surface area contributed by atoms with Gasteiger partial charge in [-0.1, -0.05) is 12.1 Å². The Kier molecular flexibility index (Phi) is 4.45. The van der Waals surface area contributed by atoms with Crippen LogP contribution >= 0.6 is 0 Å². The summed E-state index contributed by atoms with van der Waals surface area (Å²) in [7, 11) is 0. The van der Waals surface area contributed by atoms with Gasteiger partial charge in [-0.25, -0.2) is 4.39 Å². The summed E-state index contributed by atoms with van der Waals surface area (Å²) < 4.78 is 14.7. The topological polar surface area (TPSA) is 55.2 Å². The highest BCUT2D eigenvalue weighted by Gasteiger charge is 2.31. The Labute approximate surface area is 146 Å². The minimum absolute atomic E-state index is 0.0265. The van der Waals surface area contributed by atoms with Crippen molar-refractivity contribution < 1.29 is 14.0 Å². The van der Waals surface area contributed by atoms with Crippen LogP contribution in [0.25, 0.3) is 0 Å². The Bertz CT molecular complexity index is 803. The fourth-order valence-corrected chi connectivity index (χ4v) is 2.96. The number of halogens is 1. The maximum Gasteiger partial charge on any atom is 0.275 e. The second-order valence-electron chi connectivity index (χ2n) is 7.35. The van der Waals surface area contributed by atoms with Gasteiger partial charge < -0.3 is 4.90 Å². The lowest BCUT2D eigenvalue weighted by Crippen LogP contribution is -2.45.